The Morgan fingerprint density at radius 2 is 1.00 bits per heavy atom. The minimum atomic E-state index is -0.0529. The molecule has 0 unspecified atom stereocenters. The molecule has 1 rings (SSSR count). The molecule has 0 aliphatic carbocycles. The highest BCUT2D eigenvalue weighted by Gasteiger charge is 2.01. The van der Waals surface area contributed by atoms with Gasteiger partial charge >= 0.3 is 11.9 Å². The van der Waals surface area contributed by atoms with Crippen LogP contribution in [0.3, 0.4) is 0 Å². The number of hydrogen-bond acceptors (Lipinski definition) is 2. The minimum absolute atomic E-state index is 0. The Kier molecular flexibility index (Phi) is 21.6. The standard InChI is InChI=1S/C10H16N10.2ClH.3H2O/c11-7(12)19-9(15)17-5-2-1-3-6(4-5)18-10(16)20-8(13)14;;;;;/h1-4H,(H6,11,12,15,17,19)(H6,13,14,16,18,20);2*1H;3*1H2. The van der Waals surface area contributed by atoms with Crippen LogP contribution in [-0.2, 0) is 0 Å². The highest BCUT2D eigenvalue weighted by atomic mass is 35.5. The van der Waals surface area contributed by atoms with E-state index in [4.69, 9.17) is 34.4 Å². The van der Waals surface area contributed by atoms with Crippen molar-refractivity contribution < 1.29 is 51.2 Å². The van der Waals surface area contributed by atoms with Gasteiger partial charge in [-0.15, -0.1) is 9.98 Å². The van der Waals surface area contributed by atoms with Crippen molar-refractivity contribution in [2.75, 3.05) is 0 Å². The van der Waals surface area contributed by atoms with Crippen LogP contribution in [0.4, 0.5) is 11.4 Å². The molecule has 25 heavy (non-hydrogen) atoms. The van der Waals surface area contributed by atoms with E-state index in [0.717, 1.165) is 0 Å². The van der Waals surface area contributed by atoms with Crippen LogP contribution in [-0.4, -0.2) is 40.3 Å². The lowest BCUT2D eigenvalue weighted by molar-refractivity contribution is -0.321. The summed E-state index contributed by atoms with van der Waals surface area (Å²) >= 11 is 0. The van der Waals surface area contributed by atoms with E-state index in [1.54, 1.807) is 24.3 Å². The van der Waals surface area contributed by atoms with Gasteiger partial charge in [-0.05, 0) is 12.1 Å². The lowest BCUT2D eigenvalue weighted by atomic mass is 10.3. The summed E-state index contributed by atoms with van der Waals surface area (Å²) in [4.78, 5) is 13.0. The number of benzene rings is 1. The van der Waals surface area contributed by atoms with Crippen LogP contribution < -0.4 is 69.2 Å². The highest BCUT2D eigenvalue weighted by Crippen LogP contribution is 2.19. The van der Waals surface area contributed by atoms with Gasteiger partial charge in [0, 0.05) is 6.07 Å². The van der Waals surface area contributed by atoms with Gasteiger partial charge in [-0.25, -0.2) is 9.98 Å². The number of halogens is 2. The SMILES string of the molecule is NC(=Nc1cccc(N=C(N)[NH+]=C(N)N)c1)[NH+]=C(N)N.O.O.O.[Cl-].[Cl-]. The predicted molar refractivity (Wildman–Crippen MR) is 88.5 cm³/mol. The van der Waals surface area contributed by atoms with Crippen molar-refractivity contribution in [3.63, 3.8) is 0 Å². The molecule has 146 valence electrons. The molecule has 0 bridgehead atoms. The molecule has 0 aliphatic rings. The van der Waals surface area contributed by atoms with E-state index < -0.39 is 0 Å². The Labute approximate surface area is 155 Å². The number of aliphatic imine (C=N–C) groups is 2. The summed E-state index contributed by atoms with van der Waals surface area (Å²) in [7, 11) is 0. The molecular formula is C10H24Cl2N10O3. The summed E-state index contributed by atoms with van der Waals surface area (Å²) < 4.78 is 0. The molecule has 1 aromatic carbocycles. The maximum atomic E-state index is 5.57. The largest absolute Gasteiger partial charge is 1.00 e. The molecule has 20 N–H and O–H groups in total. The van der Waals surface area contributed by atoms with Gasteiger partial charge in [0.2, 0.25) is 0 Å². The van der Waals surface area contributed by atoms with E-state index >= 15 is 0 Å². The van der Waals surface area contributed by atoms with Gasteiger partial charge in [-0.3, -0.25) is 0 Å². The van der Waals surface area contributed by atoms with Crippen LogP contribution in [0.5, 0.6) is 0 Å². The number of rotatable bonds is 2. The van der Waals surface area contributed by atoms with Crippen molar-refractivity contribution in [1.29, 1.82) is 0 Å². The maximum Gasteiger partial charge on any atom is 0.316 e. The molecule has 0 saturated heterocycles. The van der Waals surface area contributed by atoms with E-state index in [-0.39, 0.29) is 65.1 Å². The number of nitrogens with zero attached hydrogens (tertiary/aromatic N) is 2. The van der Waals surface area contributed by atoms with Crippen LogP contribution in [0.2, 0.25) is 0 Å². The Balaban J connectivity index is -0.000000267. The van der Waals surface area contributed by atoms with Gasteiger partial charge in [0.25, 0.3) is 11.9 Å². The Morgan fingerprint density at radius 1 is 0.680 bits per heavy atom. The highest BCUT2D eigenvalue weighted by molar-refractivity contribution is 5.81. The van der Waals surface area contributed by atoms with E-state index in [0.29, 0.717) is 11.4 Å². The van der Waals surface area contributed by atoms with Crippen molar-refractivity contribution in [2.45, 2.75) is 0 Å². The molecule has 0 heterocycles. The third-order valence-corrected chi connectivity index (χ3v) is 1.87. The normalized spacial score (nSPS) is 9.44. The first kappa shape index (κ1) is 33.7. The monoisotopic (exact) mass is 402 g/mol. The molecule has 0 atom stereocenters. The van der Waals surface area contributed by atoms with E-state index in [1.807, 2.05) is 0 Å². The molecule has 0 amide bonds. The van der Waals surface area contributed by atoms with Crippen LogP contribution in [0.15, 0.2) is 34.3 Å². The smallest absolute Gasteiger partial charge is 0.316 e. The Bertz CT molecular complexity index is 563. The zero-order valence-electron chi connectivity index (χ0n) is 12.9. The van der Waals surface area contributed by atoms with Crippen molar-refractivity contribution in [3.05, 3.63) is 24.3 Å². The molecular weight excluding hydrogens is 379 g/mol. The van der Waals surface area contributed by atoms with Gasteiger partial charge in [0.05, 0.1) is 0 Å². The lowest BCUT2D eigenvalue weighted by Crippen LogP contribution is -3.00. The first-order valence-electron chi connectivity index (χ1n) is 5.45. The molecule has 15 heteroatoms. The zero-order valence-corrected chi connectivity index (χ0v) is 14.4. The second kappa shape index (κ2) is 16.0. The minimum Gasteiger partial charge on any atom is -1.00 e. The molecule has 0 saturated carbocycles. The van der Waals surface area contributed by atoms with Crippen molar-refractivity contribution in [3.8, 4) is 0 Å². The number of nitrogens with one attached hydrogen (secondary N) is 2. The molecule has 13 nitrogen and oxygen atoms in total. The van der Waals surface area contributed by atoms with Gasteiger partial charge in [0.1, 0.15) is 11.4 Å². The third-order valence-electron chi connectivity index (χ3n) is 1.87. The van der Waals surface area contributed by atoms with Gasteiger partial charge < -0.3 is 75.6 Å². The van der Waals surface area contributed by atoms with Crippen LogP contribution in [0.25, 0.3) is 0 Å². The fourth-order valence-corrected chi connectivity index (χ4v) is 1.26. The summed E-state index contributed by atoms with van der Waals surface area (Å²) in [5.41, 5.74) is 33.2. The lowest BCUT2D eigenvalue weighted by Gasteiger charge is -1.94. The Hall–Kier alpha value is -2.84. The summed E-state index contributed by atoms with van der Waals surface area (Å²) in [5, 5.41) is 0. The maximum absolute atomic E-state index is 5.57. The molecule has 0 fully saturated rings. The summed E-state index contributed by atoms with van der Waals surface area (Å²) in [6.07, 6.45) is 0. The van der Waals surface area contributed by atoms with Crippen molar-refractivity contribution in [1.82, 2.24) is 0 Å². The molecule has 0 radical (unpaired) electrons. The van der Waals surface area contributed by atoms with Gasteiger partial charge in [-0.2, -0.15) is 0 Å². The molecule has 0 aliphatic heterocycles. The Morgan fingerprint density at radius 3 is 1.28 bits per heavy atom. The van der Waals surface area contributed by atoms with Gasteiger partial charge in [-0.1, -0.05) is 6.07 Å². The molecule has 0 spiro atoms. The second-order valence-electron chi connectivity index (χ2n) is 3.67. The van der Waals surface area contributed by atoms with E-state index in [9.17, 15) is 0 Å². The van der Waals surface area contributed by atoms with E-state index in [2.05, 4.69) is 20.0 Å². The van der Waals surface area contributed by atoms with Crippen LogP contribution in [0, 0.1) is 0 Å². The average molecular weight is 403 g/mol. The fourth-order valence-electron chi connectivity index (χ4n) is 1.26. The summed E-state index contributed by atoms with van der Waals surface area (Å²) in [6.45, 7) is 0. The topological polar surface area (TPSA) is 303 Å². The van der Waals surface area contributed by atoms with Crippen molar-refractivity contribution >= 4 is 35.2 Å². The first-order valence-corrected chi connectivity index (χ1v) is 5.45. The van der Waals surface area contributed by atoms with Crippen LogP contribution in [0.1, 0.15) is 0 Å². The molecule has 0 aromatic heterocycles. The summed E-state index contributed by atoms with van der Waals surface area (Å²) in [6, 6.07) is 6.80. The van der Waals surface area contributed by atoms with Crippen molar-refractivity contribution in [2.24, 2.45) is 44.4 Å². The number of guanidine groups is 4. The van der Waals surface area contributed by atoms with Crippen LogP contribution >= 0.6 is 0 Å². The van der Waals surface area contributed by atoms with Gasteiger partial charge in [0.15, 0.2) is 0 Å². The average Bonchev–Trinajstić information content (AvgIpc) is 2.26. The zero-order chi connectivity index (χ0) is 15.1. The van der Waals surface area contributed by atoms with E-state index in [1.165, 1.54) is 0 Å². The number of hydrogen-bond donors (Lipinski definition) is 8. The quantitative estimate of drug-likeness (QED) is 0.175. The first-order chi connectivity index (χ1) is 9.36. The second-order valence-corrected chi connectivity index (χ2v) is 3.67. The fraction of sp³-hybridized carbons (Fsp3) is 0. The predicted octanol–water partition coefficient (Wildman–Crippen LogP) is -14.2. The number of nitrogens with two attached hydrogens (primary N) is 6. The molecule has 1 aromatic rings. The summed E-state index contributed by atoms with van der Waals surface area (Å²) in [5.74, 6) is -0.000758. The third kappa shape index (κ3) is 14.5.